The zero-order valence-corrected chi connectivity index (χ0v) is 14.3. The Morgan fingerprint density at radius 3 is 2.64 bits per heavy atom. The topological polar surface area (TPSA) is 55.6 Å². The molecule has 0 amide bonds. The van der Waals surface area contributed by atoms with Gasteiger partial charge in [-0.3, -0.25) is 4.98 Å². The monoisotopic (exact) mass is 343 g/mol. The number of halogens is 2. The molecule has 0 aliphatic rings. The second-order valence-corrected chi connectivity index (χ2v) is 5.87. The summed E-state index contributed by atoms with van der Waals surface area (Å²) >= 11 is 0. The highest BCUT2D eigenvalue weighted by molar-refractivity contribution is 5.40. The molecule has 1 atom stereocenters. The molecule has 0 aliphatic carbocycles. The zero-order valence-electron chi connectivity index (χ0n) is 14.3. The van der Waals surface area contributed by atoms with Gasteiger partial charge in [-0.2, -0.15) is 5.10 Å². The Morgan fingerprint density at radius 1 is 1.16 bits per heavy atom. The molecule has 0 saturated carbocycles. The standard InChI is InChI=1S/C18H19F2N5/c1-4-16(14-8-13(19)5-6-15(14)20)22-17-9-21-10-18(23-17)25-12(3)7-11(2)24-25/h5-10,16H,4H2,1-3H3,(H,22,23). The van der Waals surface area contributed by atoms with E-state index >= 15 is 0 Å². The molecule has 2 heterocycles. The normalized spacial score (nSPS) is 12.2. The third-order valence-corrected chi connectivity index (χ3v) is 3.91. The van der Waals surface area contributed by atoms with Crippen molar-refractivity contribution in [2.75, 3.05) is 5.32 Å². The largest absolute Gasteiger partial charge is 0.362 e. The molecular weight excluding hydrogens is 324 g/mol. The van der Waals surface area contributed by atoms with E-state index in [1.54, 1.807) is 17.1 Å². The number of anilines is 1. The minimum atomic E-state index is -0.473. The smallest absolute Gasteiger partial charge is 0.174 e. The van der Waals surface area contributed by atoms with Crippen molar-refractivity contribution in [1.29, 1.82) is 0 Å². The molecule has 0 radical (unpaired) electrons. The molecule has 0 spiro atoms. The highest BCUT2D eigenvalue weighted by Gasteiger charge is 2.16. The third kappa shape index (κ3) is 3.65. The zero-order chi connectivity index (χ0) is 18.0. The van der Waals surface area contributed by atoms with Gasteiger partial charge in [0.15, 0.2) is 5.82 Å². The van der Waals surface area contributed by atoms with Crippen LogP contribution in [-0.4, -0.2) is 19.7 Å². The van der Waals surface area contributed by atoms with Crippen molar-refractivity contribution in [3.05, 3.63) is 65.2 Å². The maximum atomic E-state index is 14.1. The first-order valence-electron chi connectivity index (χ1n) is 8.05. The summed E-state index contributed by atoms with van der Waals surface area (Å²) in [6.07, 6.45) is 3.72. The van der Waals surface area contributed by atoms with Gasteiger partial charge in [0, 0.05) is 11.3 Å². The van der Waals surface area contributed by atoms with Crippen LogP contribution in [0, 0.1) is 25.5 Å². The third-order valence-electron chi connectivity index (χ3n) is 3.91. The number of hydrogen-bond donors (Lipinski definition) is 1. The van der Waals surface area contributed by atoms with Gasteiger partial charge in [0.1, 0.15) is 17.5 Å². The van der Waals surface area contributed by atoms with Crippen molar-refractivity contribution >= 4 is 5.82 Å². The summed E-state index contributed by atoms with van der Waals surface area (Å²) in [6, 6.07) is 4.97. The Balaban J connectivity index is 1.90. The fourth-order valence-corrected chi connectivity index (χ4v) is 2.75. The van der Waals surface area contributed by atoms with Gasteiger partial charge in [0.2, 0.25) is 0 Å². The van der Waals surface area contributed by atoms with E-state index < -0.39 is 17.7 Å². The molecule has 2 aromatic heterocycles. The van der Waals surface area contributed by atoms with Crippen molar-refractivity contribution in [3.63, 3.8) is 0 Å². The predicted molar refractivity (Wildman–Crippen MR) is 91.6 cm³/mol. The first kappa shape index (κ1) is 17.0. The van der Waals surface area contributed by atoms with E-state index in [1.807, 2.05) is 26.8 Å². The van der Waals surface area contributed by atoms with Crippen LogP contribution in [0.2, 0.25) is 0 Å². The highest BCUT2D eigenvalue weighted by atomic mass is 19.1. The fourth-order valence-electron chi connectivity index (χ4n) is 2.75. The molecule has 1 unspecified atom stereocenters. The quantitative estimate of drug-likeness (QED) is 0.757. The Labute approximate surface area is 144 Å². The summed E-state index contributed by atoms with van der Waals surface area (Å²) in [4.78, 5) is 8.67. The molecule has 130 valence electrons. The first-order valence-corrected chi connectivity index (χ1v) is 8.05. The Hall–Kier alpha value is -2.83. The van der Waals surface area contributed by atoms with Crippen molar-refractivity contribution < 1.29 is 8.78 Å². The number of rotatable bonds is 5. The predicted octanol–water partition coefficient (Wildman–Crippen LogP) is 4.12. The lowest BCUT2D eigenvalue weighted by Gasteiger charge is -2.19. The van der Waals surface area contributed by atoms with Gasteiger partial charge in [0.25, 0.3) is 0 Å². The molecular formula is C18H19F2N5. The molecule has 0 fully saturated rings. The van der Waals surface area contributed by atoms with Gasteiger partial charge in [-0.25, -0.2) is 18.4 Å². The summed E-state index contributed by atoms with van der Waals surface area (Å²) in [5.74, 6) is 0.105. The van der Waals surface area contributed by atoms with E-state index in [-0.39, 0.29) is 5.56 Å². The van der Waals surface area contributed by atoms with Crippen LogP contribution in [0.5, 0.6) is 0 Å². The van der Waals surface area contributed by atoms with Crippen LogP contribution in [0.1, 0.15) is 36.3 Å². The van der Waals surface area contributed by atoms with Crippen LogP contribution < -0.4 is 5.32 Å². The van der Waals surface area contributed by atoms with E-state index in [9.17, 15) is 8.78 Å². The molecule has 7 heteroatoms. The van der Waals surface area contributed by atoms with Gasteiger partial charge in [-0.15, -0.1) is 0 Å². The van der Waals surface area contributed by atoms with Crippen LogP contribution in [0.4, 0.5) is 14.6 Å². The first-order chi connectivity index (χ1) is 12.0. The molecule has 25 heavy (non-hydrogen) atoms. The Bertz CT molecular complexity index is 891. The maximum absolute atomic E-state index is 14.1. The van der Waals surface area contributed by atoms with Gasteiger partial charge in [-0.05, 0) is 44.5 Å². The number of benzene rings is 1. The van der Waals surface area contributed by atoms with Crippen molar-refractivity contribution in [1.82, 2.24) is 19.7 Å². The van der Waals surface area contributed by atoms with Crippen molar-refractivity contribution in [2.45, 2.75) is 33.2 Å². The van der Waals surface area contributed by atoms with Crippen LogP contribution in [-0.2, 0) is 0 Å². The SMILES string of the molecule is CCC(Nc1cncc(-n2nc(C)cc2C)n1)c1cc(F)ccc1F. The molecule has 0 aliphatic heterocycles. The van der Waals surface area contributed by atoms with Crippen LogP contribution in [0.15, 0.2) is 36.7 Å². The number of aromatic nitrogens is 4. The van der Waals surface area contributed by atoms with E-state index in [0.29, 0.717) is 18.1 Å². The lowest BCUT2D eigenvalue weighted by Crippen LogP contribution is -2.14. The molecule has 5 nitrogen and oxygen atoms in total. The van der Waals surface area contributed by atoms with Gasteiger partial charge in [-0.1, -0.05) is 6.92 Å². The van der Waals surface area contributed by atoms with E-state index in [1.165, 1.54) is 6.07 Å². The summed E-state index contributed by atoms with van der Waals surface area (Å²) in [7, 11) is 0. The Morgan fingerprint density at radius 2 is 1.96 bits per heavy atom. The Kier molecular flexibility index (Phi) is 4.74. The summed E-state index contributed by atoms with van der Waals surface area (Å²) in [6.45, 7) is 5.72. The van der Waals surface area contributed by atoms with Crippen molar-refractivity contribution in [3.8, 4) is 5.82 Å². The van der Waals surface area contributed by atoms with Crippen LogP contribution in [0.3, 0.4) is 0 Å². The lowest BCUT2D eigenvalue weighted by molar-refractivity contribution is 0.566. The molecule has 3 rings (SSSR count). The maximum Gasteiger partial charge on any atom is 0.174 e. The average molecular weight is 343 g/mol. The van der Waals surface area contributed by atoms with Gasteiger partial charge >= 0.3 is 0 Å². The average Bonchev–Trinajstić information content (AvgIpc) is 2.94. The van der Waals surface area contributed by atoms with Crippen LogP contribution in [0.25, 0.3) is 5.82 Å². The molecule has 3 aromatic rings. The summed E-state index contributed by atoms with van der Waals surface area (Å²) in [5.41, 5.74) is 2.08. The van der Waals surface area contributed by atoms with E-state index in [4.69, 9.17) is 0 Å². The molecule has 0 bridgehead atoms. The minimum Gasteiger partial charge on any atom is -0.362 e. The van der Waals surface area contributed by atoms with Crippen LogP contribution >= 0.6 is 0 Å². The second-order valence-electron chi connectivity index (χ2n) is 5.87. The van der Waals surface area contributed by atoms with E-state index in [0.717, 1.165) is 23.5 Å². The fraction of sp³-hybridized carbons (Fsp3) is 0.278. The second kappa shape index (κ2) is 6.96. The van der Waals surface area contributed by atoms with Gasteiger partial charge < -0.3 is 5.32 Å². The van der Waals surface area contributed by atoms with Crippen molar-refractivity contribution in [2.24, 2.45) is 0 Å². The van der Waals surface area contributed by atoms with E-state index in [2.05, 4.69) is 20.4 Å². The minimum absolute atomic E-state index is 0.265. The number of aryl methyl sites for hydroxylation is 2. The highest BCUT2D eigenvalue weighted by Crippen LogP contribution is 2.25. The molecule has 1 N–H and O–H groups in total. The number of hydrogen-bond acceptors (Lipinski definition) is 4. The number of nitrogens with zero attached hydrogens (tertiary/aromatic N) is 4. The van der Waals surface area contributed by atoms with Gasteiger partial charge in [0.05, 0.1) is 24.1 Å². The lowest BCUT2D eigenvalue weighted by atomic mass is 10.0. The molecule has 0 saturated heterocycles. The summed E-state index contributed by atoms with van der Waals surface area (Å²) < 4.78 is 29.2. The summed E-state index contributed by atoms with van der Waals surface area (Å²) in [5, 5.41) is 7.51. The molecule has 1 aromatic carbocycles. The number of nitrogens with one attached hydrogen (secondary N) is 1.